The molecule has 1 amide bonds. The van der Waals surface area contributed by atoms with Gasteiger partial charge in [0.2, 0.25) is 5.91 Å². The summed E-state index contributed by atoms with van der Waals surface area (Å²) in [6, 6.07) is 6.23. The van der Waals surface area contributed by atoms with Gasteiger partial charge in [-0.2, -0.15) is 0 Å². The van der Waals surface area contributed by atoms with Crippen LogP contribution in [0.25, 0.3) is 0 Å². The summed E-state index contributed by atoms with van der Waals surface area (Å²) in [5, 5.41) is 0. The van der Waals surface area contributed by atoms with Crippen LogP contribution in [0.3, 0.4) is 0 Å². The number of hydrogen-bond donors (Lipinski definition) is 1. The number of anilines is 1. The molecule has 0 aliphatic carbocycles. The molecule has 1 unspecified atom stereocenters. The van der Waals surface area contributed by atoms with Crippen molar-refractivity contribution in [2.24, 2.45) is 5.73 Å². The highest BCUT2D eigenvalue weighted by Crippen LogP contribution is 2.34. The molecular weight excluding hydrogens is 232 g/mol. The van der Waals surface area contributed by atoms with E-state index in [1.807, 2.05) is 6.92 Å². The molecule has 3 nitrogen and oxygen atoms in total. The number of nitrogens with zero attached hydrogens (tertiary/aromatic N) is 1. The molecule has 17 heavy (non-hydrogen) atoms. The lowest BCUT2D eigenvalue weighted by Crippen LogP contribution is -2.39. The minimum absolute atomic E-state index is 0.106. The molecule has 1 saturated heterocycles. The summed E-state index contributed by atoms with van der Waals surface area (Å²) >= 11 is 1.49. The Balaban J connectivity index is 2.49. The molecule has 2 rings (SSSR count). The molecule has 0 radical (unpaired) electrons. The quantitative estimate of drug-likeness (QED) is 0.877. The van der Waals surface area contributed by atoms with Gasteiger partial charge >= 0.3 is 0 Å². The first kappa shape index (κ1) is 12.5. The summed E-state index contributed by atoms with van der Waals surface area (Å²) in [5.41, 5.74) is 9.05. The maximum Gasteiger partial charge on any atom is 0.239 e. The molecule has 1 heterocycles. The molecule has 1 aromatic rings. The normalized spacial score (nSPS) is 20.4. The van der Waals surface area contributed by atoms with Crippen molar-refractivity contribution in [2.45, 2.75) is 32.2 Å². The summed E-state index contributed by atoms with van der Waals surface area (Å²) in [7, 11) is 0. The van der Waals surface area contributed by atoms with E-state index in [0.717, 1.165) is 11.3 Å². The molecule has 1 aliphatic rings. The van der Waals surface area contributed by atoms with Crippen molar-refractivity contribution in [3.63, 3.8) is 0 Å². The van der Waals surface area contributed by atoms with Crippen LogP contribution >= 0.6 is 11.8 Å². The van der Waals surface area contributed by atoms with Gasteiger partial charge in [0.25, 0.3) is 0 Å². The molecule has 1 aromatic carbocycles. The van der Waals surface area contributed by atoms with E-state index in [2.05, 4.69) is 32.0 Å². The Hall–Kier alpha value is -1.00. The number of nitrogens with two attached hydrogens (primary N) is 1. The summed E-state index contributed by atoms with van der Waals surface area (Å²) in [4.78, 5) is 13.6. The highest BCUT2D eigenvalue weighted by Gasteiger charge is 2.31. The highest BCUT2D eigenvalue weighted by molar-refractivity contribution is 8.01. The third-order valence-corrected chi connectivity index (χ3v) is 3.93. The lowest BCUT2D eigenvalue weighted by atomic mass is 9.98. The van der Waals surface area contributed by atoms with Crippen LogP contribution in [0, 0.1) is 6.92 Å². The van der Waals surface area contributed by atoms with Crippen molar-refractivity contribution in [1.29, 1.82) is 0 Å². The lowest BCUT2D eigenvalue weighted by Gasteiger charge is -2.25. The molecule has 0 aromatic heterocycles. The number of benzene rings is 1. The fourth-order valence-electron chi connectivity index (χ4n) is 2.06. The largest absolute Gasteiger partial charge is 0.302 e. The van der Waals surface area contributed by atoms with Crippen LogP contribution in [0.2, 0.25) is 0 Å². The third-order valence-electron chi connectivity index (χ3n) is 2.97. The zero-order valence-corrected chi connectivity index (χ0v) is 11.3. The van der Waals surface area contributed by atoms with Crippen molar-refractivity contribution >= 4 is 23.4 Å². The molecule has 2 N–H and O–H groups in total. The number of hydrogen-bond acceptors (Lipinski definition) is 3. The van der Waals surface area contributed by atoms with Crippen LogP contribution in [0.5, 0.6) is 0 Å². The van der Waals surface area contributed by atoms with Crippen LogP contribution < -0.4 is 10.6 Å². The number of thioether (sulfide) groups is 1. The Kier molecular flexibility index (Phi) is 3.45. The smallest absolute Gasteiger partial charge is 0.239 e. The Morgan fingerprint density at radius 3 is 2.71 bits per heavy atom. The average Bonchev–Trinajstić information content (AvgIpc) is 2.58. The fourth-order valence-corrected chi connectivity index (χ4v) is 2.90. The first-order chi connectivity index (χ1) is 8.00. The number of carbonyl (C=O) groups excluding carboxylic acids is 1. The first-order valence-corrected chi connectivity index (χ1v) is 6.85. The van der Waals surface area contributed by atoms with E-state index in [-0.39, 0.29) is 11.4 Å². The summed E-state index contributed by atoms with van der Waals surface area (Å²) in [6.45, 7) is 6.30. The number of amides is 1. The van der Waals surface area contributed by atoms with Crippen LogP contribution in [0.1, 0.15) is 30.9 Å². The van der Waals surface area contributed by atoms with E-state index >= 15 is 0 Å². The van der Waals surface area contributed by atoms with Gasteiger partial charge in [-0.1, -0.05) is 26.0 Å². The van der Waals surface area contributed by atoms with Crippen molar-refractivity contribution in [2.75, 3.05) is 10.7 Å². The minimum atomic E-state index is -0.248. The Morgan fingerprint density at radius 2 is 2.18 bits per heavy atom. The van der Waals surface area contributed by atoms with E-state index in [0.29, 0.717) is 11.7 Å². The van der Waals surface area contributed by atoms with Gasteiger partial charge in [0, 0.05) is 5.69 Å². The second kappa shape index (κ2) is 4.70. The molecule has 0 bridgehead atoms. The first-order valence-electron chi connectivity index (χ1n) is 5.80. The topological polar surface area (TPSA) is 46.3 Å². The van der Waals surface area contributed by atoms with Gasteiger partial charge in [0.05, 0.1) is 5.75 Å². The predicted molar refractivity (Wildman–Crippen MR) is 73.2 cm³/mol. The van der Waals surface area contributed by atoms with E-state index in [4.69, 9.17) is 5.73 Å². The average molecular weight is 250 g/mol. The number of rotatable bonds is 2. The molecule has 0 spiro atoms. The molecule has 4 heteroatoms. The maximum absolute atomic E-state index is 11.9. The molecule has 92 valence electrons. The van der Waals surface area contributed by atoms with E-state index in [9.17, 15) is 4.79 Å². The molecular formula is C13H18N2OS. The fraction of sp³-hybridized carbons (Fsp3) is 0.462. The Labute approximate surface area is 106 Å². The van der Waals surface area contributed by atoms with Crippen molar-refractivity contribution in [3.8, 4) is 0 Å². The zero-order valence-electron chi connectivity index (χ0n) is 10.4. The van der Waals surface area contributed by atoms with Crippen LogP contribution in [0.4, 0.5) is 5.69 Å². The number of carbonyl (C=O) groups is 1. The molecule has 0 saturated carbocycles. The van der Waals surface area contributed by atoms with Gasteiger partial charge in [-0.15, -0.1) is 11.8 Å². The summed E-state index contributed by atoms with van der Waals surface area (Å²) in [6.07, 6.45) is 0. The predicted octanol–water partition coefficient (Wildman–Crippen LogP) is 2.44. The molecule has 1 fully saturated rings. The maximum atomic E-state index is 11.9. The monoisotopic (exact) mass is 250 g/mol. The summed E-state index contributed by atoms with van der Waals surface area (Å²) < 4.78 is 0. The van der Waals surface area contributed by atoms with Gasteiger partial charge in [-0.05, 0) is 30.0 Å². The van der Waals surface area contributed by atoms with Crippen molar-refractivity contribution in [1.82, 2.24) is 0 Å². The second-order valence-electron chi connectivity index (χ2n) is 4.68. The van der Waals surface area contributed by atoms with Crippen molar-refractivity contribution < 1.29 is 4.79 Å². The van der Waals surface area contributed by atoms with E-state index < -0.39 is 0 Å². The lowest BCUT2D eigenvalue weighted by molar-refractivity contribution is -0.115. The van der Waals surface area contributed by atoms with Gasteiger partial charge < -0.3 is 5.73 Å². The summed E-state index contributed by atoms with van der Waals surface area (Å²) in [5.74, 6) is 0.971. The van der Waals surface area contributed by atoms with Crippen LogP contribution in [0.15, 0.2) is 18.2 Å². The van der Waals surface area contributed by atoms with Gasteiger partial charge in [-0.25, -0.2) is 0 Å². The van der Waals surface area contributed by atoms with Crippen LogP contribution in [-0.4, -0.2) is 17.2 Å². The van der Waals surface area contributed by atoms with Crippen molar-refractivity contribution in [3.05, 3.63) is 29.3 Å². The third kappa shape index (κ3) is 2.33. The Morgan fingerprint density at radius 1 is 1.47 bits per heavy atom. The minimum Gasteiger partial charge on any atom is -0.302 e. The van der Waals surface area contributed by atoms with Crippen LogP contribution in [-0.2, 0) is 4.79 Å². The van der Waals surface area contributed by atoms with Gasteiger partial charge in [0.1, 0.15) is 5.50 Å². The molecule has 1 atom stereocenters. The highest BCUT2D eigenvalue weighted by atomic mass is 32.2. The van der Waals surface area contributed by atoms with Gasteiger partial charge in [-0.3, -0.25) is 9.69 Å². The van der Waals surface area contributed by atoms with Gasteiger partial charge in [0.15, 0.2) is 0 Å². The SMILES string of the molecule is Cc1ccc(C(C)C)c(N2C(=O)CSC2N)c1. The molecule has 1 aliphatic heterocycles. The van der Waals surface area contributed by atoms with E-state index in [1.165, 1.54) is 17.3 Å². The zero-order chi connectivity index (χ0) is 12.6. The number of aryl methyl sites for hydroxylation is 1. The Bertz CT molecular complexity index is 445. The second-order valence-corrected chi connectivity index (χ2v) is 5.79. The van der Waals surface area contributed by atoms with E-state index in [1.54, 1.807) is 4.90 Å². The standard InChI is InChI=1S/C13H18N2OS/c1-8(2)10-5-4-9(3)6-11(10)15-12(16)7-17-13(15)14/h4-6,8,13H,7,14H2,1-3H3.